The van der Waals surface area contributed by atoms with E-state index in [1.54, 1.807) is 0 Å². The molecule has 0 unspecified atom stereocenters. The summed E-state index contributed by atoms with van der Waals surface area (Å²) in [5.74, 6) is 1.49. The second kappa shape index (κ2) is 4.15. The maximum Gasteiger partial charge on any atom is 0.0991 e. The van der Waals surface area contributed by atoms with Gasteiger partial charge in [0.15, 0.2) is 0 Å². The van der Waals surface area contributed by atoms with E-state index in [-0.39, 0.29) is 0 Å². The van der Waals surface area contributed by atoms with Crippen LogP contribution in [0.5, 0.6) is 0 Å². The third kappa shape index (κ3) is 1.89. The third-order valence-electron chi connectivity index (χ3n) is 3.84. The second-order valence-corrected chi connectivity index (χ2v) is 5.63. The molecule has 1 saturated carbocycles. The van der Waals surface area contributed by atoms with Gasteiger partial charge in [-0.25, -0.2) is 0 Å². The third-order valence-corrected chi connectivity index (χ3v) is 3.84. The lowest BCUT2D eigenvalue weighted by molar-refractivity contribution is -0.860. The lowest BCUT2D eigenvalue weighted by Crippen LogP contribution is -3.06. The first kappa shape index (κ1) is 11.3. The van der Waals surface area contributed by atoms with Crippen molar-refractivity contribution in [1.82, 2.24) is 4.98 Å². The maximum atomic E-state index is 8.99. The van der Waals surface area contributed by atoms with Crippen molar-refractivity contribution in [1.29, 1.82) is 5.26 Å². The van der Waals surface area contributed by atoms with Crippen molar-refractivity contribution in [3.63, 3.8) is 0 Å². The number of benzene rings is 1. The van der Waals surface area contributed by atoms with Gasteiger partial charge in [-0.1, -0.05) is 0 Å². The zero-order chi connectivity index (χ0) is 12.7. The van der Waals surface area contributed by atoms with Crippen LogP contribution in [-0.2, 0) is 0 Å². The highest BCUT2D eigenvalue weighted by atomic mass is 15.1. The number of hydrogen-bond acceptors (Lipinski definition) is 1. The molecule has 1 aromatic carbocycles. The molecule has 18 heavy (non-hydrogen) atoms. The van der Waals surface area contributed by atoms with Crippen LogP contribution >= 0.6 is 0 Å². The number of hydrogen-bond donors (Lipinski definition) is 2. The summed E-state index contributed by atoms with van der Waals surface area (Å²) in [6.45, 7) is 1.23. The van der Waals surface area contributed by atoms with Crippen molar-refractivity contribution in [2.75, 3.05) is 20.6 Å². The zero-order valence-electron chi connectivity index (χ0n) is 10.8. The summed E-state index contributed by atoms with van der Waals surface area (Å²) in [6.07, 6.45) is 3.41. The topological polar surface area (TPSA) is 44.0 Å². The smallest absolute Gasteiger partial charge is 0.0991 e. The summed E-state index contributed by atoms with van der Waals surface area (Å²) in [4.78, 5) is 4.83. The normalized spacial score (nSPS) is 22.3. The molecule has 3 rings (SSSR count). The van der Waals surface area contributed by atoms with Gasteiger partial charge in [0, 0.05) is 23.0 Å². The molecule has 3 heteroatoms. The first-order valence-electron chi connectivity index (χ1n) is 6.49. The van der Waals surface area contributed by atoms with Crippen LogP contribution in [-0.4, -0.2) is 25.6 Å². The average molecular weight is 240 g/mol. The number of nitrogens with zero attached hydrogens (tertiary/aromatic N) is 1. The van der Waals surface area contributed by atoms with Gasteiger partial charge in [0.1, 0.15) is 0 Å². The molecule has 0 amide bonds. The summed E-state index contributed by atoms with van der Waals surface area (Å²) in [7, 11) is 4.41. The standard InChI is InChI=1S/C15H17N3/c1-18(2)9-11-6-12(11)14-8-17-15-4-3-10(7-16)5-13(14)15/h3-5,8,11-12,17H,6,9H2,1-2H3/p+1/t11-,12+/m1/s1. The Kier molecular flexibility index (Phi) is 2.61. The van der Waals surface area contributed by atoms with Crippen molar-refractivity contribution >= 4 is 10.9 Å². The highest BCUT2D eigenvalue weighted by Gasteiger charge is 2.41. The molecule has 92 valence electrons. The van der Waals surface area contributed by atoms with Crippen LogP contribution in [0.1, 0.15) is 23.5 Å². The number of aromatic nitrogens is 1. The van der Waals surface area contributed by atoms with Crippen LogP contribution in [0.2, 0.25) is 0 Å². The highest BCUT2D eigenvalue weighted by Crippen LogP contribution is 2.48. The van der Waals surface area contributed by atoms with Crippen molar-refractivity contribution in [3.8, 4) is 6.07 Å². The number of fused-ring (bicyclic) bond motifs is 1. The van der Waals surface area contributed by atoms with Gasteiger partial charge in [0.25, 0.3) is 0 Å². The van der Waals surface area contributed by atoms with Gasteiger partial charge in [0.2, 0.25) is 0 Å². The lowest BCUT2D eigenvalue weighted by Gasteiger charge is -2.05. The minimum atomic E-state index is 0.683. The Morgan fingerprint density at radius 1 is 1.44 bits per heavy atom. The molecule has 0 aliphatic heterocycles. The maximum absolute atomic E-state index is 8.99. The summed E-state index contributed by atoms with van der Waals surface area (Å²) < 4.78 is 0. The van der Waals surface area contributed by atoms with Gasteiger partial charge in [-0.05, 0) is 36.1 Å². The van der Waals surface area contributed by atoms with Crippen molar-refractivity contribution < 1.29 is 4.90 Å². The van der Waals surface area contributed by atoms with E-state index in [9.17, 15) is 0 Å². The van der Waals surface area contributed by atoms with Crippen molar-refractivity contribution in [3.05, 3.63) is 35.5 Å². The molecule has 2 aromatic rings. The Labute approximate surface area is 107 Å². The van der Waals surface area contributed by atoms with Crippen LogP contribution in [0.25, 0.3) is 10.9 Å². The quantitative estimate of drug-likeness (QED) is 0.834. The monoisotopic (exact) mass is 240 g/mol. The Balaban J connectivity index is 1.92. The average Bonchev–Trinajstić information content (AvgIpc) is 2.97. The molecule has 1 aliphatic rings. The molecule has 2 N–H and O–H groups in total. The van der Waals surface area contributed by atoms with Crippen LogP contribution in [0.3, 0.4) is 0 Å². The van der Waals surface area contributed by atoms with Crippen LogP contribution in [0, 0.1) is 17.2 Å². The molecule has 0 saturated heterocycles. The SMILES string of the molecule is C[NH+](C)C[C@H]1C[C@@H]1c1c[nH]c2ccc(C#N)cc12. The summed E-state index contributed by atoms with van der Waals surface area (Å²) in [5.41, 5.74) is 3.29. The number of H-pyrrole nitrogens is 1. The summed E-state index contributed by atoms with van der Waals surface area (Å²) in [5, 5.41) is 10.2. The first-order chi connectivity index (χ1) is 8.69. The van der Waals surface area contributed by atoms with E-state index in [0.29, 0.717) is 5.92 Å². The first-order valence-corrected chi connectivity index (χ1v) is 6.49. The number of nitrogens with one attached hydrogen (secondary N) is 2. The van der Waals surface area contributed by atoms with Gasteiger partial charge >= 0.3 is 0 Å². The lowest BCUT2D eigenvalue weighted by atomic mass is 10.1. The van der Waals surface area contributed by atoms with Gasteiger partial charge < -0.3 is 9.88 Å². The summed E-state index contributed by atoms with van der Waals surface area (Å²) >= 11 is 0. The molecule has 1 aromatic heterocycles. The molecule has 1 heterocycles. The Morgan fingerprint density at radius 3 is 3.00 bits per heavy atom. The van der Waals surface area contributed by atoms with E-state index in [2.05, 4.69) is 31.3 Å². The molecule has 2 atom stereocenters. The Hall–Kier alpha value is -1.79. The van der Waals surface area contributed by atoms with E-state index < -0.39 is 0 Å². The molecule has 0 bridgehead atoms. The van der Waals surface area contributed by atoms with Crippen LogP contribution in [0.15, 0.2) is 24.4 Å². The molecular weight excluding hydrogens is 222 g/mol. The van der Waals surface area contributed by atoms with Crippen molar-refractivity contribution in [2.45, 2.75) is 12.3 Å². The fourth-order valence-electron chi connectivity index (χ4n) is 2.90. The molecule has 3 nitrogen and oxygen atoms in total. The van der Waals surface area contributed by atoms with Gasteiger partial charge in [-0.2, -0.15) is 5.26 Å². The van der Waals surface area contributed by atoms with Gasteiger partial charge in [0.05, 0.1) is 32.3 Å². The molecular formula is C15H18N3+. The molecule has 0 spiro atoms. The van der Waals surface area contributed by atoms with E-state index in [0.717, 1.165) is 17.0 Å². The molecule has 1 aliphatic carbocycles. The van der Waals surface area contributed by atoms with E-state index in [1.807, 2.05) is 18.2 Å². The van der Waals surface area contributed by atoms with E-state index >= 15 is 0 Å². The second-order valence-electron chi connectivity index (χ2n) is 5.63. The van der Waals surface area contributed by atoms with Gasteiger partial charge in [-0.15, -0.1) is 0 Å². The molecule has 1 fully saturated rings. The minimum absolute atomic E-state index is 0.683. The Bertz CT molecular complexity index is 618. The highest BCUT2D eigenvalue weighted by molar-refractivity contribution is 5.85. The van der Waals surface area contributed by atoms with Crippen molar-refractivity contribution in [2.24, 2.45) is 5.92 Å². The minimum Gasteiger partial charge on any atom is -0.361 e. The predicted octanol–water partition coefficient (Wildman–Crippen LogP) is 1.29. The molecule has 0 radical (unpaired) electrons. The number of nitriles is 1. The Morgan fingerprint density at radius 2 is 2.28 bits per heavy atom. The van der Waals surface area contributed by atoms with E-state index in [4.69, 9.17) is 5.26 Å². The fourth-order valence-corrected chi connectivity index (χ4v) is 2.90. The zero-order valence-corrected chi connectivity index (χ0v) is 10.8. The largest absolute Gasteiger partial charge is 0.361 e. The number of quaternary nitrogens is 1. The number of rotatable bonds is 3. The number of aromatic amines is 1. The van der Waals surface area contributed by atoms with Gasteiger partial charge in [-0.3, -0.25) is 0 Å². The summed E-state index contributed by atoms with van der Waals surface area (Å²) in [6, 6.07) is 8.11. The fraction of sp³-hybridized carbons (Fsp3) is 0.400. The predicted molar refractivity (Wildman–Crippen MR) is 71.5 cm³/mol. The van der Waals surface area contributed by atoms with Crippen LogP contribution in [0.4, 0.5) is 0 Å². The van der Waals surface area contributed by atoms with E-state index in [1.165, 1.54) is 28.8 Å². The van der Waals surface area contributed by atoms with Crippen LogP contribution < -0.4 is 4.90 Å².